The van der Waals surface area contributed by atoms with Crippen LogP contribution in [0.25, 0.3) is 0 Å². The molecule has 0 aliphatic heterocycles. The summed E-state index contributed by atoms with van der Waals surface area (Å²) in [6.07, 6.45) is 1.33. The third-order valence-corrected chi connectivity index (χ3v) is 3.01. The predicted molar refractivity (Wildman–Crippen MR) is 38.3 cm³/mol. The number of nitrogens with two attached hydrogens (primary N) is 1. The van der Waals surface area contributed by atoms with Crippen LogP contribution in [0.4, 0.5) is 8.78 Å². The fraction of sp³-hybridized carbons (Fsp3) is 1.00. The van der Waals surface area contributed by atoms with Gasteiger partial charge in [-0.3, -0.25) is 0 Å². The minimum Gasteiger partial charge on any atom is -0.330 e. The molecular formula is C8H13F2N. The van der Waals surface area contributed by atoms with Gasteiger partial charge in [-0.15, -0.1) is 0 Å². The predicted octanol–water partition coefficient (Wildman–Crippen LogP) is 1.63. The molecule has 0 saturated heterocycles. The summed E-state index contributed by atoms with van der Waals surface area (Å²) in [4.78, 5) is 0. The largest absolute Gasteiger partial charge is 0.330 e. The van der Waals surface area contributed by atoms with E-state index in [1.165, 1.54) is 0 Å². The van der Waals surface area contributed by atoms with E-state index in [2.05, 4.69) is 0 Å². The second kappa shape index (κ2) is 2.16. The van der Waals surface area contributed by atoms with E-state index in [0.717, 1.165) is 6.42 Å². The van der Waals surface area contributed by atoms with E-state index in [4.69, 9.17) is 5.73 Å². The summed E-state index contributed by atoms with van der Waals surface area (Å²) in [6, 6.07) is 0. The van der Waals surface area contributed by atoms with Gasteiger partial charge in [0.25, 0.3) is 0 Å². The number of alkyl halides is 2. The van der Waals surface area contributed by atoms with Crippen LogP contribution in [0.2, 0.25) is 0 Å². The van der Waals surface area contributed by atoms with Crippen molar-refractivity contribution in [2.24, 2.45) is 23.5 Å². The van der Waals surface area contributed by atoms with Crippen LogP contribution >= 0.6 is 0 Å². The van der Waals surface area contributed by atoms with Crippen molar-refractivity contribution in [2.75, 3.05) is 6.54 Å². The zero-order valence-corrected chi connectivity index (χ0v) is 6.39. The summed E-state index contributed by atoms with van der Waals surface area (Å²) in [6.45, 7) is 0.687. The molecule has 0 unspecified atom stereocenters. The first-order chi connectivity index (χ1) is 5.12. The maximum Gasteiger partial charge on any atom is 0.248 e. The van der Waals surface area contributed by atoms with E-state index in [0.29, 0.717) is 24.3 Å². The van der Waals surface area contributed by atoms with Crippen molar-refractivity contribution in [1.29, 1.82) is 0 Å². The lowest BCUT2D eigenvalue weighted by atomic mass is 9.77. The molecule has 1 nitrogen and oxygen atoms in total. The Balaban J connectivity index is 1.76. The molecule has 0 bridgehead atoms. The van der Waals surface area contributed by atoms with Gasteiger partial charge < -0.3 is 5.73 Å². The lowest BCUT2D eigenvalue weighted by molar-refractivity contribution is -0.117. The lowest BCUT2D eigenvalue weighted by Gasteiger charge is -2.35. The van der Waals surface area contributed by atoms with Gasteiger partial charge in [0.2, 0.25) is 5.92 Å². The van der Waals surface area contributed by atoms with Crippen LogP contribution in [-0.4, -0.2) is 12.5 Å². The Morgan fingerprint density at radius 2 is 2.00 bits per heavy atom. The van der Waals surface area contributed by atoms with Crippen LogP contribution in [0.15, 0.2) is 0 Å². The number of rotatable bonds is 2. The van der Waals surface area contributed by atoms with Gasteiger partial charge in [-0.05, 0) is 30.7 Å². The number of hydrogen-bond donors (Lipinski definition) is 1. The Bertz CT molecular complexity index is 161. The van der Waals surface area contributed by atoms with Crippen molar-refractivity contribution in [1.82, 2.24) is 0 Å². The zero-order chi connectivity index (χ0) is 8.06. The van der Waals surface area contributed by atoms with Crippen LogP contribution < -0.4 is 5.73 Å². The zero-order valence-electron chi connectivity index (χ0n) is 6.39. The van der Waals surface area contributed by atoms with E-state index in [1.54, 1.807) is 0 Å². The van der Waals surface area contributed by atoms with Gasteiger partial charge in [0.15, 0.2) is 0 Å². The molecule has 2 aliphatic rings. The van der Waals surface area contributed by atoms with E-state index >= 15 is 0 Å². The lowest BCUT2D eigenvalue weighted by Crippen LogP contribution is -2.37. The monoisotopic (exact) mass is 161 g/mol. The van der Waals surface area contributed by atoms with Gasteiger partial charge in [-0.25, -0.2) is 8.78 Å². The first-order valence-electron chi connectivity index (χ1n) is 4.20. The molecule has 64 valence electrons. The highest BCUT2D eigenvalue weighted by atomic mass is 19.3. The molecule has 0 aromatic carbocycles. The quantitative estimate of drug-likeness (QED) is 0.654. The minimum absolute atomic E-state index is 0.119. The maximum atomic E-state index is 12.4. The fourth-order valence-corrected chi connectivity index (χ4v) is 2.13. The highest BCUT2D eigenvalue weighted by Gasteiger charge is 2.54. The van der Waals surface area contributed by atoms with Crippen molar-refractivity contribution < 1.29 is 8.78 Å². The Labute approximate surface area is 65.0 Å². The molecule has 0 radical (unpaired) electrons. The summed E-state index contributed by atoms with van der Waals surface area (Å²) in [5.74, 6) is -0.943. The van der Waals surface area contributed by atoms with Gasteiger partial charge in [0.05, 0.1) is 0 Å². The average molecular weight is 161 g/mol. The standard InChI is InChI=1S/C8H13F2N/c9-8(10)2-6(3-8)7-1-5(7)4-11/h5-7H,1-4,11H2/t5-,7+/m0/s1. The van der Waals surface area contributed by atoms with Crippen LogP contribution in [0.3, 0.4) is 0 Å². The highest BCUT2D eigenvalue weighted by Crippen LogP contribution is 2.56. The molecule has 2 fully saturated rings. The topological polar surface area (TPSA) is 26.0 Å². The van der Waals surface area contributed by atoms with Gasteiger partial charge in [0, 0.05) is 12.8 Å². The first kappa shape index (κ1) is 7.47. The summed E-state index contributed by atoms with van der Waals surface area (Å²) in [5, 5.41) is 0. The highest BCUT2D eigenvalue weighted by molar-refractivity contribution is 5.00. The molecule has 0 heterocycles. The number of halogens is 2. The van der Waals surface area contributed by atoms with Crippen molar-refractivity contribution >= 4 is 0 Å². The molecule has 2 N–H and O–H groups in total. The van der Waals surface area contributed by atoms with E-state index < -0.39 is 5.92 Å². The van der Waals surface area contributed by atoms with Gasteiger partial charge in [0.1, 0.15) is 0 Å². The van der Waals surface area contributed by atoms with Crippen LogP contribution in [0.5, 0.6) is 0 Å². The summed E-state index contributed by atoms with van der Waals surface area (Å²) < 4.78 is 24.8. The number of hydrogen-bond acceptors (Lipinski definition) is 1. The van der Waals surface area contributed by atoms with Gasteiger partial charge in [-0.2, -0.15) is 0 Å². The normalized spacial score (nSPS) is 41.7. The van der Waals surface area contributed by atoms with E-state index in [-0.39, 0.29) is 12.8 Å². The molecule has 0 aromatic heterocycles. The molecule has 2 rings (SSSR count). The first-order valence-corrected chi connectivity index (χ1v) is 4.20. The molecule has 0 spiro atoms. The van der Waals surface area contributed by atoms with Crippen molar-refractivity contribution in [3.8, 4) is 0 Å². The minimum atomic E-state index is -2.34. The van der Waals surface area contributed by atoms with Gasteiger partial charge >= 0.3 is 0 Å². The Kier molecular flexibility index (Phi) is 1.46. The maximum absolute atomic E-state index is 12.4. The molecule has 0 amide bonds. The summed E-state index contributed by atoms with van der Waals surface area (Å²) in [5.41, 5.74) is 5.42. The third kappa shape index (κ3) is 1.26. The van der Waals surface area contributed by atoms with Crippen molar-refractivity contribution in [3.05, 3.63) is 0 Å². The molecule has 3 heteroatoms. The summed E-state index contributed by atoms with van der Waals surface area (Å²) in [7, 11) is 0. The Hall–Kier alpha value is -0.180. The third-order valence-electron chi connectivity index (χ3n) is 3.01. The van der Waals surface area contributed by atoms with E-state index in [9.17, 15) is 8.78 Å². The van der Waals surface area contributed by atoms with Crippen LogP contribution in [0.1, 0.15) is 19.3 Å². The second-order valence-electron chi connectivity index (χ2n) is 3.92. The van der Waals surface area contributed by atoms with Gasteiger partial charge in [-0.1, -0.05) is 0 Å². The van der Waals surface area contributed by atoms with Crippen molar-refractivity contribution in [3.63, 3.8) is 0 Å². The molecule has 2 aliphatic carbocycles. The van der Waals surface area contributed by atoms with Crippen molar-refractivity contribution in [2.45, 2.75) is 25.2 Å². The fourth-order valence-electron chi connectivity index (χ4n) is 2.13. The SMILES string of the molecule is NC[C@@H]1C[C@H]1C1CC(F)(F)C1. The molecule has 2 saturated carbocycles. The summed E-state index contributed by atoms with van der Waals surface area (Å²) >= 11 is 0. The molecule has 2 atom stereocenters. The Morgan fingerprint density at radius 3 is 2.36 bits per heavy atom. The van der Waals surface area contributed by atoms with Crippen LogP contribution in [-0.2, 0) is 0 Å². The van der Waals surface area contributed by atoms with E-state index in [1.807, 2.05) is 0 Å². The molecule has 0 aromatic rings. The second-order valence-corrected chi connectivity index (χ2v) is 3.92. The molecule has 11 heavy (non-hydrogen) atoms. The smallest absolute Gasteiger partial charge is 0.248 e. The van der Waals surface area contributed by atoms with Crippen LogP contribution in [0, 0.1) is 17.8 Å². The Morgan fingerprint density at radius 1 is 1.36 bits per heavy atom. The molecular weight excluding hydrogens is 148 g/mol. The average Bonchev–Trinajstić information content (AvgIpc) is 2.60.